The molecule has 1 unspecified atom stereocenters. The van der Waals surface area contributed by atoms with Crippen LogP contribution in [0.5, 0.6) is 0 Å². The lowest BCUT2D eigenvalue weighted by Gasteiger charge is -2.34. The molecule has 150 valence electrons. The molecule has 0 bridgehead atoms. The van der Waals surface area contributed by atoms with Crippen LogP contribution in [-0.2, 0) is 0 Å². The number of aromatic nitrogens is 4. The lowest BCUT2D eigenvalue weighted by Crippen LogP contribution is -2.42. The summed E-state index contributed by atoms with van der Waals surface area (Å²) in [6.07, 6.45) is 2.58. The summed E-state index contributed by atoms with van der Waals surface area (Å²) in [5.74, 6) is 0.159. The molecule has 1 aromatic heterocycles. The van der Waals surface area contributed by atoms with E-state index in [2.05, 4.69) is 20.8 Å². The van der Waals surface area contributed by atoms with E-state index in [4.69, 9.17) is 0 Å². The van der Waals surface area contributed by atoms with Crippen LogP contribution in [0, 0.1) is 12.8 Å². The Hall–Kier alpha value is -3.26. The number of likely N-dealkylation sites (tertiary alicyclic amines) is 1. The molecular weight excluding hydrogens is 368 g/mol. The highest BCUT2D eigenvalue weighted by Crippen LogP contribution is 2.30. The van der Waals surface area contributed by atoms with Gasteiger partial charge in [-0.2, -0.15) is 0 Å². The van der Waals surface area contributed by atoms with Crippen LogP contribution in [0.25, 0.3) is 5.69 Å². The van der Waals surface area contributed by atoms with E-state index in [0.717, 1.165) is 29.7 Å². The van der Waals surface area contributed by atoms with E-state index in [0.29, 0.717) is 18.8 Å². The number of aryl methyl sites for hydroxylation is 1. The molecule has 1 aliphatic rings. The second kappa shape index (κ2) is 8.40. The largest absolute Gasteiger partial charge is 0.388 e. The number of aliphatic hydroxyl groups excluding tert-OH is 1. The molecule has 1 aliphatic heterocycles. The van der Waals surface area contributed by atoms with Crippen LogP contribution in [0.3, 0.4) is 0 Å². The molecule has 0 spiro atoms. The van der Waals surface area contributed by atoms with Crippen LogP contribution in [0.15, 0.2) is 54.9 Å². The van der Waals surface area contributed by atoms with Crippen molar-refractivity contribution in [1.29, 1.82) is 0 Å². The summed E-state index contributed by atoms with van der Waals surface area (Å²) in [7, 11) is 0. The van der Waals surface area contributed by atoms with Crippen LogP contribution in [0.1, 0.15) is 30.1 Å². The Labute approximate surface area is 169 Å². The highest BCUT2D eigenvalue weighted by atomic mass is 16.3. The quantitative estimate of drug-likeness (QED) is 0.712. The number of urea groups is 1. The Kier molecular flexibility index (Phi) is 5.53. The summed E-state index contributed by atoms with van der Waals surface area (Å²) < 4.78 is 1.57. The third kappa shape index (κ3) is 4.27. The van der Waals surface area contributed by atoms with Gasteiger partial charge >= 0.3 is 6.03 Å². The third-order valence-corrected chi connectivity index (χ3v) is 5.47. The summed E-state index contributed by atoms with van der Waals surface area (Å²) in [6.45, 7) is 3.20. The maximum Gasteiger partial charge on any atom is 0.321 e. The van der Waals surface area contributed by atoms with E-state index in [1.54, 1.807) is 9.58 Å². The van der Waals surface area contributed by atoms with Gasteiger partial charge in [-0.1, -0.05) is 36.4 Å². The average Bonchev–Trinajstić information content (AvgIpc) is 3.30. The van der Waals surface area contributed by atoms with Crippen molar-refractivity contribution < 1.29 is 9.90 Å². The fraction of sp³-hybridized carbons (Fsp3) is 0.333. The molecular formula is C21H24N6O2. The Morgan fingerprint density at radius 1 is 1.17 bits per heavy atom. The predicted octanol–water partition coefficient (Wildman–Crippen LogP) is 2.95. The number of nitrogens with one attached hydrogen (secondary N) is 1. The van der Waals surface area contributed by atoms with Gasteiger partial charge in [0.25, 0.3) is 0 Å². The fourth-order valence-corrected chi connectivity index (χ4v) is 3.75. The van der Waals surface area contributed by atoms with Crippen molar-refractivity contribution >= 4 is 11.7 Å². The zero-order valence-corrected chi connectivity index (χ0v) is 16.3. The van der Waals surface area contributed by atoms with Gasteiger partial charge in [-0.15, -0.1) is 5.10 Å². The first-order valence-corrected chi connectivity index (χ1v) is 9.75. The first-order valence-electron chi connectivity index (χ1n) is 9.75. The molecule has 1 saturated heterocycles. The molecule has 2 aromatic carbocycles. The molecule has 2 heterocycles. The number of nitrogens with zero attached hydrogens (tertiary/aromatic N) is 5. The van der Waals surface area contributed by atoms with Gasteiger partial charge in [-0.25, -0.2) is 9.48 Å². The van der Waals surface area contributed by atoms with E-state index in [1.165, 1.54) is 6.33 Å². The number of carbonyl (C=O) groups is 1. The van der Waals surface area contributed by atoms with Gasteiger partial charge in [0.15, 0.2) is 0 Å². The normalized spacial score (nSPS) is 15.9. The molecule has 0 aliphatic carbocycles. The Bertz CT molecular complexity index is 953. The number of amides is 2. The minimum absolute atomic E-state index is 0.135. The van der Waals surface area contributed by atoms with Crippen molar-refractivity contribution in [3.05, 3.63) is 66.0 Å². The molecule has 1 atom stereocenters. The van der Waals surface area contributed by atoms with Crippen LogP contribution in [0.4, 0.5) is 10.5 Å². The molecule has 0 radical (unpaired) electrons. The number of rotatable bonds is 4. The van der Waals surface area contributed by atoms with Gasteiger partial charge in [-0.05, 0) is 59.4 Å². The lowest BCUT2D eigenvalue weighted by molar-refractivity contribution is 0.0683. The molecule has 2 N–H and O–H groups in total. The molecule has 4 rings (SSSR count). The van der Waals surface area contributed by atoms with Crippen LogP contribution < -0.4 is 5.32 Å². The van der Waals surface area contributed by atoms with Crippen molar-refractivity contribution in [3.8, 4) is 5.69 Å². The van der Waals surface area contributed by atoms with Crippen LogP contribution in [0.2, 0.25) is 0 Å². The van der Waals surface area contributed by atoms with Crippen molar-refractivity contribution in [3.63, 3.8) is 0 Å². The second-order valence-electron chi connectivity index (χ2n) is 7.37. The summed E-state index contributed by atoms with van der Waals surface area (Å²) in [6, 6.07) is 15.2. The lowest BCUT2D eigenvalue weighted by atomic mass is 9.87. The third-order valence-electron chi connectivity index (χ3n) is 5.47. The minimum Gasteiger partial charge on any atom is -0.388 e. The number of hydrogen-bond donors (Lipinski definition) is 2. The standard InChI is InChI=1S/C21H24N6O2/c1-15-7-8-18(13-19(15)27-14-22-24-25-27)23-21(29)26-11-9-17(10-12-26)20(28)16-5-3-2-4-6-16/h2-8,13-14,17,20,28H,9-12H2,1H3,(H,23,29). The number of benzene rings is 2. The number of hydrogen-bond acceptors (Lipinski definition) is 5. The molecule has 8 nitrogen and oxygen atoms in total. The molecule has 3 aromatic rings. The molecule has 1 fully saturated rings. The van der Waals surface area contributed by atoms with Crippen LogP contribution >= 0.6 is 0 Å². The van der Waals surface area contributed by atoms with Crippen LogP contribution in [-0.4, -0.2) is 49.3 Å². The van der Waals surface area contributed by atoms with Gasteiger partial charge in [0.1, 0.15) is 6.33 Å². The molecule has 29 heavy (non-hydrogen) atoms. The van der Waals surface area contributed by atoms with Crippen molar-refractivity contribution in [1.82, 2.24) is 25.1 Å². The van der Waals surface area contributed by atoms with E-state index in [9.17, 15) is 9.90 Å². The van der Waals surface area contributed by atoms with E-state index < -0.39 is 6.10 Å². The average molecular weight is 392 g/mol. The topological polar surface area (TPSA) is 96.2 Å². The van der Waals surface area contributed by atoms with Crippen molar-refractivity contribution in [2.24, 2.45) is 5.92 Å². The monoisotopic (exact) mass is 392 g/mol. The zero-order valence-electron chi connectivity index (χ0n) is 16.3. The number of carbonyl (C=O) groups excluding carboxylic acids is 1. The Morgan fingerprint density at radius 2 is 1.93 bits per heavy atom. The van der Waals surface area contributed by atoms with Gasteiger partial charge in [0.2, 0.25) is 0 Å². The summed E-state index contributed by atoms with van der Waals surface area (Å²) in [5, 5.41) is 24.8. The number of piperidine rings is 1. The van der Waals surface area contributed by atoms with Gasteiger partial charge < -0.3 is 15.3 Å². The maximum atomic E-state index is 12.7. The highest BCUT2D eigenvalue weighted by Gasteiger charge is 2.28. The number of aliphatic hydroxyl groups is 1. The summed E-state index contributed by atoms with van der Waals surface area (Å²) in [4.78, 5) is 14.5. The number of tetrazole rings is 1. The summed E-state index contributed by atoms with van der Waals surface area (Å²) in [5.41, 5.74) is 3.45. The van der Waals surface area contributed by atoms with Gasteiger partial charge in [-0.3, -0.25) is 0 Å². The van der Waals surface area contributed by atoms with Gasteiger partial charge in [0, 0.05) is 18.8 Å². The first-order chi connectivity index (χ1) is 14.1. The minimum atomic E-state index is -0.489. The Morgan fingerprint density at radius 3 is 2.62 bits per heavy atom. The smallest absolute Gasteiger partial charge is 0.321 e. The van der Waals surface area contributed by atoms with E-state index in [-0.39, 0.29) is 11.9 Å². The molecule has 0 saturated carbocycles. The molecule has 2 amide bonds. The summed E-state index contributed by atoms with van der Waals surface area (Å²) >= 11 is 0. The molecule has 8 heteroatoms. The van der Waals surface area contributed by atoms with Crippen molar-refractivity contribution in [2.45, 2.75) is 25.9 Å². The maximum absolute atomic E-state index is 12.7. The zero-order chi connectivity index (χ0) is 20.2. The van der Waals surface area contributed by atoms with Crippen molar-refractivity contribution in [2.75, 3.05) is 18.4 Å². The van der Waals surface area contributed by atoms with E-state index in [1.807, 2.05) is 55.5 Å². The first kappa shape index (κ1) is 19.1. The van der Waals surface area contributed by atoms with E-state index >= 15 is 0 Å². The Balaban J connectivity index is 1.36. The highest BCUT2D eigenvalue weighted by molar-refractivity contribution is 5.89. The SMILES string of the molecule is Cc1ccc(NC(=O)N2CCC(C(O)c3ccccc3)CC2)cc1-n1cnnn1. The van der Waals surface area contributed by atoms with Gasteiger partial charge in [0.05, 0.1) is 11.8 Å². The number of anilines is 1. The predicted molar refractivity (Wildman–Crippen MR) is 109 cm³/mol. The second-order valence-corrected chi connectivity index (χ2v) is 7.37. The fourth-order valence-electron chi connectivity index (χ4n) is 3.75.